The molecule has 1 aromatic heterocycles. The number of nitrogens with zero attached hydrogens (tertiary/aromatic N) is 1. The monoisotopic (exact) mass is 404 g/mol. The molecule has 1 aliphatic heterocycles. The van der Waals surface area contributed by atoms with Gasteiger partial charge in [0, 0.05) is 17.7 Å². The van der Waals surface area contributed by atoms with E-state index in [0.29, 0.717) is 51.0 Å². The highest BCUT2D eigenvalue weighted by Crippen LogP contribution is 2.38. The third-order valence-electron chi connectivity index (χ3n) is 3.97. The van der Waals surface area contributed by atoms with E-state index < -0.39 is 0 Å². The molecule has 0 saturated heterocycles. The Balaban J connectivity index is 1.59. The van der Waals surface area contributed by atoms with E-state index in [-0.39, 0.29) is 11.7 Å². The molecule has 0 saturated carbocycles. The molecule has 1 aliphatic rings. The minimum absolute atomic E-state index is 0.321. The predicted molar refractivity (Wildman–Crippen MR) is 103 cm³/mol. The maximum absolute atomic E-state index is 13.1. The van der Waals surface area contributed by atoms with Crippen LogP contribution in [0.4, 0.5) is 10.1 Å². The third kappa shape index (κ3) is 3.61. The van der Waals surface area contributed by atoms with Crippen molar-refractivity contribution in [2.45, 2.75) is 6.92 Å². The molecule has 0 fully saturated rings. The summed E-state index contributed by atoms with van der Waals surface area (Å²) in [6, 6.07) is 9.25. The molecule has 3 aromatic rings. The van der Waals surface area contributed by atoms with Crippen LogP contribution in [0.2, 0.25) is 5.02 Å². The van der Waals surface area contributed by atoms with E-state index in [0.717, 1.165) is 5.56 Å². The zero-order chi connectivity index (χ0) is 19.0. The normalized spacial score (nSPS) is 12.7. The molecule has 5 nitrogen and oxygen atoms in total. The van der Waals surface area contributed by atoms with Gasteiger partial charge in [-0.1, -0.05) is 11.6 Å². The molecule has 0 aliphatic carbocycles. The molecular formula is C19H14ClFN2O3S. The lowest BCUT2D eigenvalue weighted by atomic mass is 10.2. The van der Waals surface area contributed by atoms with Crippen LogP contribution in [0.3, 0.4) is 0 Å². The molecule has 27 heavy (non-hydrogen) atoms. The van der Waals surface area contributed by atoms with Crippen molar-refractivity contribution in [1.29, 1.82) is 0 Å². The summed E-state index contributed by atoms with van der Waals surface area (Å²) < 4.78 is 24.1. The van der Waals surface area contributed by atoms with Gasteiger partial charge in [-0.15, -0.1) is 11.3 Å². The van der Waals surface area contributed by atoms with Crippen molar-refractivity contribution in [3.8, 4) is 22.1 Å². The minimum atomic E-state index is -0.322. The van der Waals surface area contributed by atoms with Crippen LogP contribution in [0.1, 0.15) is 15.4 Å². The van der Waals surface area contributed by atoms with Crippen LogP contribution in [-0.2, 0) is 0 Å². The summed E-state index contributed by atoms with van der Waals surface area (Å²) >= 11 is 7.49. The molecule has 0 radical (unpaired) electrons. The first-order chi connectivity index (χ1) is 13.0. The standard InChI is InChI=1S/C19H14ClFN2O3S/c1-10-17(27-19(22-10)11-2-4-12(21)5-3-11)18(24)23-14-9-16-15(8-13(14)20)25-6-7-26-16/h2-5,8-9H,6-7H2,1H3,(H,23,24). The number of aromatic nitrogens is 1. The number of amides is 1. The Morgan fingerprint density at radius 1 is 1.19 bits per heavy atom. The van der Waals surface area contributed by atoms with Crippen LogP contribution in [0, 0.1) is 12.7 Å². The quantitative estimate of drug-likeness (QED) is 0.672. The minimum Gasteiger partial charge on any atom is -0.486 e. The highest BCUT2D eigenvalue weighted by Gasteiger charge is 2.20. The van der Waals surface area contributed by atoms with Gasteiger partial charge in [-0.2, -0.15) is 0 Å². The van der Waals surface area contributed by atoms with Crippen LogP contribution < -0.4 is 14.8 Å². The highest BCUT2D eigenvalue weighted by molar-refractivity contribution is 7.17. The van der Waals surface area contributed by atoms with Gasteiger partial charge in [0.05, 0.1) is 16.4 Å². The van der Waals surface area contributed by atoms with Crippen molar-refractivity contribution in [3.05, 3.63) is 57.8 Å². The lowest BCUT2D eigenvalue weighted by molar-refractivity contribution is 0.102. The van der Waals surface area contributed by atoms with Crippen LogP contribution in [-0.4, -0.2) is 24.1 Å². The fourth-order valence-electron chi connectivity index (χ4n) is 2.66. The molecule has 0 atom stereocenters. The lowest BCUT2D eigenvalue weighted by Crippen LogP contribution is -2.16. The summed E-state index contributed by atoms with van der Waals surface area (Å²) in [5.41, 5.74) is 1.77. The second-order valence-corrected chi connectivity index (χ2v) is 7.28. The Bertz CT molecular complexity index is 1020. The number of fused-ring (bicyclic) bond motifs is 1. The number of benzene rings is 2. The number of hydrogen-bond acceptors (Lipinski definition) is 5. The summed E-state index contributed by atoms with van der Waals surface area (Å²) in [5, 5.41) is 3.79. The van der Waals surface area contributed by atoms with Crippen LogP contribution in [0.25, 0.3) is 10.6 Å². The number of rotatable bonds is 3. The van der Waals surface area contributed by atoms with E-state index >= 15 is 0 Å². The maximum Gasteiger partial charge on any atom is 0.267 e. The van der Waals surface area contributed by atoms with Gasteiger partial charge >= 0.3 is 0 Å². The average Bonchev–Trinajstić information content (AvgIpc) is 3.05. The lowest BCUT2D eigenvalue weighted by Gasteiger charge is -2.19. The second kappa shape index (κ2) is 7.17. The average molecular weight is 405 g/mol. The topological polar surface area (TPSA) is 60.5 Å². The number of anilines is 1. The van der Waals surface area contributed by atoms with Crippen molar-refractivity contribution in [2.24, 2.45) is 0 Å². The molecule has 0 unspecified atom stereocenters. The molecule has 138 valence electrons. The number of carbonyl (C=O) groups excluding carboxylic acids is 1. The van der Waals surface area contributed by atoms with E-state index in [4.69, 9.17) is 21.1 Å². The number of hydrogen-bond donors (Lipinski definition) is 1. The van der Waals surface area contributed by atoms with E-state index in [9.17, 15) is 9.18 Å². The van der Waals surface area contributed by atoms with Crippen molar-refractivity contribution in [2.75, 3.05) is 18.5 Å². The molecule has 0 spiro atoms. The second-order valence-electron chi connectivity index (χ2n) is 5.87. The molecule has 1 amide bonds. The van der Waals surface area contributed by atoms with Gasteiger partial charge < -0.3 is 14.8 Å². The summed E-state index contributed by atoms with van der Waals surface area (Å²) in [6.45, 7) is 2.65. The maximum atomic E-state index is 13.1. The fraction of sp³-hybridized carbons (Fsp3) is 0.158. The smallest absolute Gasteiger partial charge is 0.267 e. The van der Waals surface area contributed by atoms with E-state index in [1.54, 1.807) is 31.2 Å². The number of nitrogens with one attached hydrogen (secondary N) is 1. The summed E-state index contributed by atoms with van der Waals surface area (Å²) in [7, 11) is 0. The molecule has 0 bridgehead atoms. The number of halogens is 2. The van der Waals surface area contributed by atoms with Crippen molar-refractivity contribution >= 4 is 34.5 Å². The van der Waals surface area contributed by atoms with Crippen LogP contribution in [0.5, 0.6) is 11.5 Å². The zero-order valence-electron chi connectivity index (χ0n) is 14.2. The van der Waals surface area contributed by atoms with E-state index in [1.807, 2.05) is 0 Å². The fourth-order valence-corrected chi connectivity index (χ4v) is 3.83. The first-order valence-electron chi connectivity index (χ1n) is 8.15. The summed E-state index contributed by atoms with van der Waals surface area (Å²) in [4.78, 5) is 17.6. The molecule has 8 heteroatoms. The van der Waals surface area contributed by atoms with Gasteiger partial charge in [0.1, 0.15) is 28.9 Å². The van der Waals surface area contributed by atoms with Gasteiger partial charge in [0.25, 0.3) is 5.91 Å². The molecule has 4 rings (SSSR count). The third-order valence-corrected chi connectivity index (χ3v) is 5.49. The Labute approximate surface area is 163 Å². The van der Waals surface area contributed by atoms with Gasteiger partial charge in [-0.25, -0.2) is 9.37 Å². The van der Waals surface area contributed by atoms with Gasteiger partial charge in [0.2, 0.25) is 0 Å². The summed E-state index contributed by atoms with van der Waals surface area (Å²) in [6.07, 6.45) is 0. The zero-order valence-corrected chi connectivity index (χ0v) is 15.8. The Morgan fingerprint density at radius 3 is 2.56 bits per heavy atom. The van der Waals surface area contributed by atoms with E-state index in [1.165, 1.54) is 23.5 Å². The molecule has 2 aromatic carbocycles. The summed E-state index contributed by atoms with van der Waals surface area (Å²) in [5.74, 6) is 0.445. The van der Waals surface area contributed by atoms with Crippen LogP contribution >= 0.6 is 22.9 Å². The van der Waals surface area contributed by atoms with Crippen LogP contribution in [0.15, 0.2) is 36.4 Å². The SMILES string of the molecule is Cc1nc(-c2ccc(F)cc2)sc1C(=O)Nc1cc2c(cc1Cl)OCCO2. The molecule has 2 heterocycles. The first-order valence-corrected chi connectivity index (χ1v) is 9.34. The number of ether oxygens (including phenoxy) is 2. The van der Waals surface area contributed by atoms with Gasteiger partial charge in [-0.3, -0.25) is 4.79 Å². The number of aryl methyl sites for hydroxylation is 1. The van der Waals surface area contributed by atoms with E-state index in [2.05, 4.69) is 10.3 Å². The highest BCUT2D eigenvalue weighted by atomic mass is 35.5. The predicted octanol–water partition coefficient (Wildman–Crippen LogP) is 4.93. The first kappa shape index (κ1) is 17.8. The number of carbonyl (C=O) groups is 1. The Morgan fingerprint density at radius 2 is 1.85 bits per heavy atom. The molecular weight excluding hydrogens is 391 g/mol. The molecule has 1 N–H and O–H groups in total. The van der Waals surface area contributed by atoms with Crippen molar-refractivity contribution in [1.82, 2.24) is 4.98 Å². The Hall–Kier alpha value is -2.64. The largest absolute Gasteiger partial charge is 0.486 e. The van der Waals surface area contributed by atoms with Crippen molar-refractivity contribution in [3.63, 3.8) is 0 Å². The van der Waals surface area contributed by atoms with Gasteiger partial charge in [-0.05, 0) is 31.2 Å². The number of thiazole rings is 1. The Kier molecular flexibility index (Phi) is 4.72. The van der Waals surface area contributed by atoms with Crippen molar-refractivity contribution < 1.29 is 18.7 Å². The van der Waals surface area contributed by atoms with Gasteiger partial charge in [0.15, 0.2) is 11.5 Å².